The molecule has 1 nitrogen and oxygen atoms in total. The number of Topliss-reactive ketones (excluding diaryl/α,β-unsaturated/α-hetero) is 1. The van der Waals surface area contributed by atoms with Crippen LogP contribution in [0.25, 0.3) is 0 Å². The van der Waals surface area contributed by atoms with E-state index in [1.165, 1.54) is 0 Å². The van der Waals surface area contributed by atoms with E-state index in [1.54, 1.807) is 0 Å². The predicted molar refractivity (Wildman–Crippen MR) is 40.4 cm³/mol. The molecule has 0 bridgehead atoms. The van der Waals surface area contributed by atoms with Crippen molar-refractivity contribution in [3.8, 4) is 12.3 Å². The third-order valence-corrected chi connectivity index (χ3v) is 2.26. The fourth-order valence-electron chi connectivity index (χ4n) is 1.22. The highest BCUT2D eigenvalue weighted by Gasteiger charge is 2.27. The molecule has 0 aliphatic heterocycles. The van der Waals surface area contributed by atoms with E-state index in [0.717, 1.165) is 12.8 Å². The third kappa shape index (κ3) is 1.39. The van der Waals surface area contributed by atoms with Crippen molar-refractivity contribution in [1.82, 2.24) is 0 Å². The fraction of sp³-hybridized carbons (Fsp3) is 0.667. The largest absolute Gasteiger partial charge is 0.300 e. The smallest absolute Gasteiger partial charge is 0.133 e. The quantitative estimate of drug-likeness (QED) is 0.464. The van der Waals surface area contributed by atoms with Crippen molar-refractivity contribution < 1.29 is 4.79 Å². The van der Waals surface area contributed by atoms with Gasteiger partial charge in [0.25, 0.3) is 0 Å². The Bertz CT molecular complexity index is 175. The lowest BCUT2D eigenvalue weighted by atomic mass is 9.76. The predicted octanol–water partition coefficient (Wildman–Crippen LogP) is 1.77. The Morgan fingerprint density at radius 2 is 2.00 bits per heavy atom. The van der Waals surface area contributed by atoms with E-state index < -0.39 is 0 Å². The van der Waals surface area contributed by atoms with Gasteiger partial charge in [-0.3, -0.25) is 4.79 Å². The highest BCUT2D eigenvalue weighted by atomic mass is 16.1. The number of carbonyl (C=O) groups is 1. The van der Waals surface area contributed by atoms with E-state index in [2.05, 4.69) is 12.8 Å². The zero-order valence-electron chi connectivity index (χ0n) is 6.31. The van der Waals surface area contributed by atoms with Crippen LogP contribution in [0.4, 0.5) is 0 Å². The van der Waals surface area contributed by atoms with E-state index in [-0.39, 0.29) is 5.41 Å². The molecular formula is C9H12O. The Hall–Kier alpha value is -0.770. The van der Waals surface area contributed by atoms with Gasteiger partial charge < -0.3 is 0 Å². The lowest BCUT2D eigenvalue weighted by molar-refractivity contribution is -0.121. The summed E-state index contributed by atoms with van der Waals surface area (Å²) in [5, 5.41) is 0. The molecule has 0 aromatic heterocycles. The Morgan fingerprint density at radius 3 is 2.40 bits per heavy atom. The van der Waals surface area contributed by atoms with Crippen molar-refractivity contribution in [1.29, 1.82) is 0 Å². The van der Waals surface area contributed by atoms with Gasteiger partial charge in [-0.25, -0.2) is 0 Å². The van der Waals surface area contributed by atoms with Gasteiger partial charge in [0.1, 0.15) is 5.78 Å². The molecule has 1 fully saturated rings. The van der Waals surface area contributed by atoms with Crippen molar-refractivity contribution in [3.05, 3.63) is 0 Å². The van der Waals surface area contributed by atoms with Crippen LogP contribution in [0.2, 0.25) is 0 Å². The molecule has 1 rings (SSSR count). The maximum Gasteiger partial charge on any atom is 0.133 e. The number of hydrogen-bond donors (Lipinski definition) is 0. The van der Waals surface area contributed by atoms with E-state index >= 15 is 0 Å². The molecule has 0 radical (unpaired) electrons. The maximum absolute atomic E-state index is 10.8. The van der Waals surface area contributed by atoms with Crippen LogP contribution in [0.15, 0.2) is 0 Å². The molecule has 1 saturated carbocycles. The zero-order chi connectivity index (χ0) is 7.61. The first kappa shape index (κ1) is 7.34. The Morgan fingerprint density at radius 1 is 1.50 bits per heavy atom. The van der Waals surface area contributed by atoms with Gasteiger partial charge in [0.15, 0.2) is 0 Å². The van der Waals surface area contributed by atoms with E-state index in [9.17, 15) is 4.79 Å². The minimum absolute atomic E-state index is 0.00785. The molecule has 1 aliphatic rings. The van der Waals surface area contributed by atoms with Crippen molar-refractivity contribution >= 4 is 5.78 Å². The third-order valence-electron chi connectivity index (χ3n) is 2.26. The number of terminal acetylenes is 1. The van der Waals surface area contributed by atoms with Crippen LogP contribution in [-0.4, -0.2) is 5.78 Å². The molecule has 0 aromatic rings. The van der Waals surface area contributed by atoms with Crippen LogP contribution in [0.1, 0.15) is 32.6 Å². The summed E-state index contributed by atoms with van der Waals surface area (Å²) in [5.41, 5.74) is 0.00785. The fourth-order valence-corrected chi connectivity index (χ4v) is 1.22. The summed E-state index contributed by atoms with van der Waals surface area (Å²) < 4.78 is 0. The molecule has 0 unspecified atom stereocenters. The van der Waals surface area contributed by atoms with Gasteiger partial charge in [0, 0.05) is 18.3 Å². The minimum Gasteiger partial charge on any atom is -0.300 e. The van der Waals surface area contributed by atoms with Crippen LogP contribution in [0, 0.1) is 17.8 Å². The molecule has 0 aromatic carbocycles. The van der Waals surface area contributed by atoms with E-state index in [4.69, 9.17) is 6.42 Å². The average molecular weight is 136 g/mol. The molecule has 0 amide bonds. The number of carbonyl (C=O) groups excluding carboxylic acids is 1. The van der Waals surface area contributed by atoms with Gasteiger partial charge in [-0.2, -0.15) is 0 Å². The molecule has 0 spiro atoms. The summed E-state index contributed by atoms with van der Waals surface area (Å²) in [5.74, 6) is 3.12. The lowest BCUT2D eigenvalue weighted by Crippen LogP contribution is -2.22. The first-order valence-electron chi connectivity index (χ1n) is 3.66. The zero-order valence-corrected chi connectivity index (χ0v) is 6.31. The summed E-state index contributed by atoms with van der Waals surface area (Å²) in [6, 6.07) is 0. The average Bonchev–Trinajstić information content (AvgIpc) is 1.96. The van der Waals surface area contributed by atoms with Gasteiger partial charge in [0.2, 0.25) is 0 Å². The summed E-state index contributed by atoms with van der Waals surface area (Å²) in [6.07, 6.45) is 8.44. The van der Waals surface area contributed by atoms with Crippen LogP contribution in [-0.2, 0) is 4.79 Å². The molecule has 1 aliphatic carbocycles. The van der Waals surface area contributed by atoms with E-state index in [0.29, 0.717) is 18.6 Å². The maximum atomic E-state index is 10.8. The van der Waals surface area contributed by atoms with Gasteiger partial charge in [-0.05, 0) is 19.8 Å². The molecule has 10 heavy (non-hydrogen) atoms. The Kier molecular flexibility index (Phi) is 1.80. The summed E-state index contributed by atoms with van der Waals surface area (Å²) in [4.78, 5) is 10.8. The van der Waals surface area contributed by atoms with Crippen molar-refractivity contribution in [2.45, 2.75) is 32.6 Å². The molecule has 1 heteroatoms. The molecule has 54 valence electrons. The van der Waals surface area contributed by atoms with Gasteiger partial charge in [-0.1, -0.05) is 0 Å². The minimum atomic E-state index is 0.00785. The van der Waals surface area contributed by atoms with Crippen LogP contribution >= 0.6 is 0 Å². The van der Waals surface area contributed by atoms with Gasteiger partial charge in [0.05, 0.1) is 0 Å². The number of ketones is 1. The SMILES string of the molecule is C#CC1(C)CCC(=O)CC1. The highest BCUT2D eigenvalue weighted by molar-refractivity contribution is 5.79. The standard InChI is InChI=1S/C9H12O/c1-3-9(2)6-4-8(10)5-7-9/h1H,4-7H2,2H3. The molecule has 0 N–H and O–H groups in total. The topological polar surface area (TPSA) is 17.1 Å². The van der Waals surface area contributed by atoms with Crippen LogP contribution in [0.5, 0.6) is 0 Å². The first-order valence-corrected chi connectivity index (χ1v) is 3.66. The Balaban J connectivity index is 2.56. The van der Waals surface area contributed by atoms with Gasteiger partial charge >= 0.3 is 0 Å². The second-order valence-corrected chi connectivity index (χ2v) is 3.24. The normalized spacial score (nSPS) is 23.8. The second kappa shape index (κ2) is 2.46. The van der Waals surface area contributed by atoms with Crippen LogP contribution < -0.4 is 0 Å². The summed E-state index contributed by atoms with van der Waals surface area (Å²) in [7, 11) is 0. The van der Waals surface area contributed by atoms with Crippen molar-refractivity contribution in [2.75, 3.05) is 0 Å². The van der Waals surface area contributed by atoms with E-state index in [1.807, 2.05) is 0 Å². The van der Waals surface area contributed by atoms with Crippen LogP contribution in [0.3, 0.4) is 0 Å². The first-order chi connectivity index (χ1) is 4.66. The molecule has 0 atom stereocenters. The second-order valence-electron chi connectivity index (χ2n) is 3.24. The number of hydrogen-bond acceptors (Lipinski definition) is 1. The highest BCUT2D eigenvalue weighted by Crippen LogP contribution is 2.32. The lowest BCUT2D eigenvalue weighted by Gasteiger charge is -2.26. The Labute approximate surface area is 61.8 Å². The molecule has 0 saturated heterocycles. The van der Waals surface area contributed by atoms with Crippen molar-refractivity contribution in [3.63, 3.8) is 0 Å². The number of rotatable bonds is 0. The monoisotopic (exact) mass is 136 g/mol. The summed E-state index contributed by atoms with van der Waals surface area (Å²) >= 11 is 0. The van der Waals surface area contributed by atoms with Gasteiger partial charge in [-0.15, -0.1) is 12.3 Å². The molecular weight excluding hydrogens is 124 g/mol. The van der Waals surface area contributed by atoms with Crippen molar-refractivity contribution in [2.24, 2.45) is 5.41 Å². The summed E-state index contributed by atoms with van der Waals surface area (Å²) in [6.45, 7) is 2.06. The molecule has 0 heterocycles.